The summed E-state index contributed by atoms with van der Waals surface area (Å²) in [5.74, 6) is 0. The summed E-state index contributed by atoms with van der Waals surface area (Å²) in [6.45, 7) is 9.44. The Balaban J connectivity index is 4.16. The predicted molar refractivity (Wildman–Crippen MR) is 55.5 cm³/mol. The molecule has 0 aromatic rings. The van der Waals surface area contributed by atoms with E-state index in [-0.39, 0.29) is 0 Å². The number of allylic oxidation sites excluding steroid dienone is 2. The maximum Gasteiger partial charge on any atom is 0.0882 e. The monoisotopic (exact) mass is 168 g/mol. The van der Waals surface area contributed by atoms with Gasteiger partial charge in [-0.25, -0.2) is 4.99 Å². The van der Waals surface area contributed by atoms with E-state index in [9.17, 15) is 0 Å². The van der Waals surface area contributed by atoms with E-state index in [2.05, 4.69) is 38.0 Å². The van der Waals surface area contributed by atoms with Crippen molar-refractivity contribution in [3.05, 3.63) is 11.3 Å². The number of rotatable bonds is 5. The number of hydrogen-bond donors (Lipinski definition) is 1. The minimum absolute atomic E-state index is 0.936. The molecule has 0 bridgehead atoms. The first-order valence-electron chi connectivity index (χ1n) is 4.70. The average molecular weight is 168 g/mol. The van der Waals surface area contributed by atoms with Gasteiger partial charge >= 0.3 is 0 Å². The molecule has 2 heteroatoms. The molecule has 0 aliphatic carbocycles. The molecule has 0 heterocycles. The van der Waals surface area contributed by atoms with Crippen molar-refractivity contribution >= 4 is 6.34 Å². The fourth-order valence-corrected chi connectivity index (χ4v) is 0.922. The maximum atomic E-state index is 4.35. The van der Waals surface area contributed by atoms with Crippen LogP contribution in [0, 0.1) is 0 Å². The largest absolute Gasteiger partial charge is 0.376 e. The standard InChI is InChI=1S/C10H20N2/c1-5-9(4)10(6-2)12-8-11-7-3/h8H,5-7H2,1-4H3,(H,11,12)/b10-9+. The second kappa shape index (κ2) is 6.89. The molecule has 0 rings (SSSR count). The van der Waals surface area contributed by atoms with Crippen LogP contribution in [0.25, 0.3) is 0 Å². The van der Waals surface area contributed by atoms with Crippen LogP contribution in [-0.2, 0) is 0 Å². The zero-order valence-electron chi connectivity index (χ0n) is 8.65. The van der Waals surface area contributed by atoms with Crippen LogP contribution >= 0.6 is 0 Å². The second-order valence-electron chi connectivity index (χ2n) is 2.75. The molecular weight excluding hydrogens is 148 g/mol. The summed E-state index contributed by atoms with van der Waals surface area (Å²) < 4.78 is 0. The predicted octanol–water partition coefficient (Wildman–Crippen LogP) is 2.72. The fourth-order valence-electron chi connectivity index (χ4n) is 0.922. The SMILES string of the molecule is CCN/C=N\C(CC)=C(/C)CC. The molecule has 0 radical (unpaired) electrons. The molecule has 0 saturated heterocycles. The van der Waals surface area contributed by atoms with Gasteiger partial charge in [0.05, 0.1) is 6.34 Å². The highest BCUT2D eigenvalue weighted by Gasteiger charge is 1.94. The summed E-state index contributed by atoms with van der Waals surface area (Å²) in [5, 5.41) is 3.07. The highest BCUT2D eigenvalue weighted by atomic mass is 14.9. The summed E-state index contributed by atoms with van der Waals surface area (Å²) in [4.78, 5) is 4.35. The van der Waals surface area contributed by atoms with E-state index in [0.717, 1.165) is 19.4 Å². The van der Waals surface area contributed by atoms with Crippen molar-refractivity contribution in [2.24, 2.45) is 4.99 Å². The molecule has 70 valence electrons. The summed E-state index contributed by atoms with van der Waals surface area (Å²) in [5.41, 5.74) is 2.59. The normalized spacial score (nSPS) is 13.3. The lowest BCUT2D eigenvalue weighted by molar-refractivity contribution is 0.944. The third-order valence-corrected chi connectivity index (χ3v) is 1.87. The first-order chi connectivity index (χ1) is 5.76. The Morgan fingerprint density at radius 2 is 1.92 bits per heavy atom. The minimum Gasteiger partial charge on any atom is -0.376 e. The van der Waals surface area contributed by atoms with Gasteiger partial charge < -0.3 is 5.32 Å². The first kappa shape index (κ1) is 11.2. The summed E-state index contributed by atoms with van der Waals surface area (Å²) in [7, 11) is 0. The van der Waals surface area contributed by atoms with Gasteiger partial charge in [0.1, 0.15) is 0 Å². The van der Waals surface area contributed by atoms with Crippen molar-refractivity contribution in [3.63, 3.8) is 0 Å². The van der Waals surface area contributed by atoms with Crippen LogP contribution in [0.5, 0.6) is 0 Å². The molecule has 0 unspecified atom stereocenters. The zero-order valence-corrected chi connectivity index (χ0v) is 8.65. The van der Waals surface area contributed by atoms with Crippen molar-refractivity contribution in [2.75, 3.05) is 6.54 Å². The van der Waals surface area contributed by atoms with Crippen LogP contribution in [0.15, 0.2) is 16.3 Å². The van der Waals surface area contributed by atoms with E-state index < -0.39 is 0 Å². The molecule has 2 nitrogen and oxygen atoms in total. The minimum atomic E-state index is 0.936. The summed E-state index contributed by atoms with van der Waals surface area (Å²) in [6, 6.07) is 0. The van der Waals surface area contributed by atoms with Gasteiger partial charge in [-0.05, 0) is 26.7 Å². The molecule has 0 aliphatic heterocycles. The topological polar surface area (TPSA) is 24.4 Å². The van der Waals surface area contributed by atoms with Crippen molar-refractivity contribution in [1.82, 2.24) is 5.32 Å². The molecule has 0 aliphatic rings. The first-order valence-corrected chi connectivity index (χ1v) is 4.70. The number of aliphatic imine (C=N–C) groups is 1. The van der Waals surface area contributed by atoms with Gasteiger partial charge in [-0.3, -0.25) is 0 Å². The van der Waals surface area contributed by atoms with Crippen LogP contribution in [0.3, 0.4) is 0 Å². The Morgan fingerprint density at radius 3 is 2.33 bits per heavy atom. The quantitative estimate of drug-likeness (QED) is 0.495. The molecule has 0 fully saturated rings. The van der Waals surface area contributed by atoms with Crippen LogP contribution < -0.4 is 5.32 Å². The Labute approximate surface area is 75.8 Å². The summed E-state index contributed by atoms with van der Waals surface area (Å²) in [6.07, 6.45) is 3.90. The highest BCUT2D eigenvalue weighted by Crippen LogP contribution is 2.11. The molecule has 0 aromatic carbocycles. The Morgan fingerprint density at radius 1 is 1.25 bits per heavy atom. The number of hydrogen-bond acceptors (Lipinski definition) is 1. The second-order valence-corrected chi connectivity index (χ2v) is 2.75. The number of nitrogens with zero attached hydrogens (tertiary/aromatic N) is 1. The lowest BCUT2D eigenvalue weighted by Crippen LogP contribution is -2.09. The molecular formula is C10H20N2. The molecule has 0 saturated carbocycles. The van der Waals surface area contributed by atoms with E-state index in [1.807, 2.05) is 0 Å². The van der Waals surface area contributed by atoms with Gasteiger partial charge in [-0.1, -0.05) is 19.4 Å². The van der Waals surface area contributed by atoms with E-state index >= 15 is 0 Å². The van der Waals surface area contributed by atoms with Gasteiger partial charge in [-0.2, -0.15) is 0 Å². The van der Waals surface area contributed by atoms with Gasteiger partial charge in [0, 0.05) is 12.2 Å². The smallest absolute Gasteiger partial charge is 0.0882 e. The molecule has 12 heavy (non-hydrogen) atoms. The highest BCUT2D eigenvalue weighted by molar-refractivity contribution is 5.56. The Hall–Kier alpha value is -0.790. The zero-order chi connectivity index (χ0) is 9.40. The van der Waals surface area contributed by atoms with Gasteiger partial charge in [0.15, 0.2) is 0 Å². The molecule has 0 aromatic heterocycles. The van der Waals surface area contributed by atoms with E-state index in [4.69, 9.17) is 0 Å². The van der Waals surface area contributed by atoms with E-state index in [1.54, 1.807) is 6.34 Å². The van der Waals surface area contributed by atoms with Crippen molar-refractivity contribution in [1.29, 1.82) is 0 Å². The molecule has 1 N–H and O–H groups in total. The fraction of sp³-hybridized carbons (Fsp3) is 0.700. The van der Waals surface area contributed by atoms with Crippen molar-refractivity contribution in [2.45, 2.75) is 40.5 Å². The summed E-state index contributed by atoms with van der Waals surface area (Å²) >= 11 is 0. The third kappa shape index (κ3) is 4.16. The number of nitrogens with one attached hydrogen (secondary N) is 1. The maximum absolute atomic E-state index is 4.35. The van der Waals surface area contributed by atoms with Crippen LogP contribution in [0.1, 0.15) is 40.5 Å². The average Bonchev–Trinajstić information content (AvgIpc) is 2.11. The lowest BCUT2D eigenvalue weighted by atomic mass is 10.1. The van der Waals surface area contributed by atoms with Crippen LogP contribution in [0.4, 0.5) is 0 Å². The molecule has 0 atom stereocenters. The van der Waals surface area contributed by atoms with Gasteiger partial charge in [0.2, 0.25) is 0 Å². The Bertz CT molecular complexity index is 169. The van der Waals surface area contributed by atoms with Crippen molar-refractivity contribution in [3.8, 4) is 0 Å². The van der Waals surface area contributed by atoms with Gasteiger partial charge in [0.25, 0.3) is 0 Å². The van der Waals surface area contributed by atoms with E-state index in [0.29, 0.717) is 0 Å². The molecule has 0 amide bonds. The van der Waals surface area contributed by atoms with E-state index in [1.165, 1.54) is 11.3 Å². The van der Waals surface area contributed by atoms with Crippen LogP contribution in [-0.4, -0.2) is 12.9 Å². The Kier molecular flexibility index (Phi) is 6.44. The van der Waals surface area contributed by atoms with Gasteiger partial charge in [-0.15, -0.1) is 0 Å². The lowest BCUT2D eigenvalue weighted by Gasteiger charge is -2.02. The van der Waals surface area contributed by atoms with Crippen LogP contribution in [0.2, 0.25) is 0 Å². The molecule has 0 spiro atoms. The third-order valence-electron chi connectivity index (χ3n) is 1.87. The van der Waals surface area contributed by atoms with Crippen molar-refractivity contribution < 1.29 is 0 Å².